The SMILES string of the molecule is C=C1CCCC(COC(C)=O)CCC(C(C)(C)O)CC1OC(C)=O. The lowest BCUT2D eigenvalue weighted by molar-refractivity contribution is -0.146. The first-order chi connectivity index (χ1) is 11.1. The largest absolute Gasteiger partial charge is 0.466 e. The minimum atomic E-state index is -0.871. The van der Waals surface area contributed by atoms with E-state index in [0.717, 1.165) is 37.7 Å². The zero-order valence-electron chi connectivity index (χ0n) is 15.5. The number of aliphatic hydroxyl groups is 1. The fourth-order valence-electron chi connectivity index (χ4n) is 3.28. The van der Waals surface area contributed by atoms with Gasteiger partial charge in [0.05, 0.1) is 12.2 Å². The van der Waals surface area contributed by atoms with Gasteiger partial charge in [-0.1, -0.05) is 6.58 Å². The first-order valence-corrected chi connectivity index (χ1v) is 8.80. The molecule has 5 heteroatoms. The molecule has 0 saturated heterocycles. The fourth-order valence-corrected chi connectivity index (χ4v) is 3.28. The highest BCUT2D eigenvalue weighted by molar-refractivity contribution is 5.66. The number of carbonyl (C=O) groups is 2. The normalized spacial score (nSPS) is 26.5. The summed E-state index contributed by atoms with van der Waals surface area (Å²) in [5, 5.41) is 10.5. The first kappa shape index (κ1) is 20.7. The van der Waals surface area contributed by atoms with Crippen LogP contribution in [0.4, 0.5) is 0 Å². The molecule has 0 aromatic rings. The zero-order chi connectivity index (χ0) is 18.3. The number of carbonyl (C=O) groups excluding carboxylic acids is 2. The van der Waals surface area contributed by atoms with Crippen LogP contribution in [0.2, 0.25) is 0 Å². The van der Waals surface area contributed by atoms with Crippen molar-refractivity contribution in [2.75, 3.05) is 6.61 Å². The molecule has 24 heavy (non-hydrogen) atoms. The molecule has 0 aliphatic heterocycles. The summed E-state index contributed by atoms with van der Waals surface area (Å²) < 4.78 is 10.6. The Kier molecular flexibility index (Phi) is 7.94. The van der Waals surface area contributed by atoms with Crippen molar-refractivity contribution >= 4 is 11.9 Å². The molecule has 3 atom stereocenters. The van der Waals surface area contributed by atoms with Gasteiger partial charge in [0, 0.05) is 13.8 Å². The van der Waals surface area contributed by atoms with Gasteiger partial charge in [-0.25, -0.2) is 0 Å². The highest BCUT2D eigenvalue weighted by Crippen LogP contribution is 2.34. The van der Waals surface area contributed by atoms with Crippen LogP contribution in [0.25, 0.3) is 0 Å². The molecule has 0 spiro atoms. The van der Waals surface area contributed by atoms with Gasteiger partial charge in [0.15, 0.2) is 0 Å². The Morgan fingerprint density at radius 3 is 2.42 bits per heavy atom. The Bertz CT molecular complexity index is 449. The standard InChI is InChI=1S/C19H32O5/c1-13-7-6-8-16(12-23-14(2)20)9-10-17(19(4,5)22)11-18(13)24-15(3)21/h16-18,22H,1,6-12H2,2-5H3. The van der Waals surface area contributed by atoms with Crippen molar-refractivity contribution in [1.82, 2.24) is 0 Å². The molecule has 1 N–H and O–H groups in total. The highest BCUT2D eigenvalue weighted by atomic mass is 16.5. The average molecular weight is 340 g/mol. The van der Waals surface area contributed by atoms with Crippen LogP contribution in [0.5, 0.6) is 0 Å². The summed E-state index contributed by atoms with van der Waals surface area (Å²) >= 11 is 0. The Hall–Kier alpha value is -1.36. The number of ether oxygens (including phenoxy) is 2. The average Bonchev–Trinajstić information content (AvgIpc) is 2.44. The lowest BCUT2D eigenvalue weighted by atomic mass is 9.78. The maximum Gasteiger partial charge on any atom is 0.303 e. The molecule has 0 amide bonds. The van der Waals surface area contributed by atoms with E-state index < -0.39 is 5.60 Å². The van der Waals surface area contributed by atoms with Crippen molar-refractivity contribution < 1.29 is 24.2 Å². The Morgan fingerprint density at radius 1 is 1.21 bits per heavy atom. The van der Waals surface area contributed by atoms with Crippen LogP contribution in [-0.2, 0) is 19.1 Å². The molecule has 138 valence electrons. The summed E-state index contributed by atoms with van der Waals surface area (Å²) in [6.45, 7) is 10.9. The Balaban J connectivity index is 2.84. The maximum absolute atomic E-state index is 11.4. The molecule has 0 aromatic heterocycles. The Labute approximate surface area is 145 Å². The van der Waals surface area contributed by atoms with Crippen LogP contribution in [0.1, 0.15) is 66.2 Å². The van der Waals surface area contributed by atoms with Gasteiger partial charge in [0.25, 0.3) is 0 Å². The van der Waals surface area contributed by atoms with Gasteiger partial charge in [0.1, 0.15) is 6.10 Å². The van der Waals surface area contributed by atoms with Crippen molar-refractivity contribution in [3.63, 3.8) is 0 Å². The molecule has 1 rings (SSSR count). The van der Waals surface area contributed by atoms with E-state index >= 15 is 0 Å². The fraction of sp³-hybridized carbons (Fsp3) is 0.789. The zero-order valence-corrected chi connectivity index (χ0v) is 15.5. The smallest absolute Gasteiger partial charge is 0.303 e. The molecular weight excluding hydrogens is 308 g/mol. The van der Waals surface area contributed by atoms with Crippen molar-refractivity contribution in [2.24, 2.45) is 11.8 Å². The lowest BCUT2D eigenvalue weighted by Gasteiger charge is -2.35. The van der Waals surface area contributed by atoms with Crippen LogP contribution in [-0.4, -0.2) is 35.4 Å². The summed E-state index contributed by atoms with van der Waals surface area (Å²) in [6, 6.07) is 0. The third-order valence-electron chi connectivity index (χ3n) is 4.82. The van der Waals surface area contributed by atoms with Gasteiger partial charge >= 0.3 is 11.9 Å². The summed E-state index contributed by atoms with van der Waals surface area (Å²) in [7, 11) is 0. The molecule has 1 saturated carbocycles. The monoisotopic (exact) mass is 340 g/mol. The lowest BCUT2D eigenvalue weighted by Crippen LogP contribution is -2.36. The van der Waals surface area contributed by atoms with Crippen molar-refractivity contribution in [1.29, 1.82) is 0 Å². The van der Waals surface area contributed by atoms with Crippen molar-refractivity contribution in [3.8, 4) is 0 Å². The third kappa shape index (κ3) is 7.47. The molecule has 0 radical (unpaired) electrons. The van der Waals surface area contributed by atoms with Gasteiger partial charge < -0.3 is 14.6 Å². The minimum Gasteiger partial charge on any atom is -0.466 e. The summed E-state index contributed by atoms with van der Waals surface area (Å²) in [5.41, 5.74) is 0.0247. The first-order valence-electron chi connectivity index (χ1n) is 8.80. The van der Waals surface area contributed by atoms with Gasteiger partial charge in [-0.3, -0.25) is 9.59 Å². The van der Waals surface area contributed by atoms with E-state index in [1.165, 1.54) is 13.8 Å². The molecule has 0 heterocycles. The number of hydrogen-bond acceptors (Lipinski definition) is 5. The summed E-state index contributed by atoms with van der Waals surface area (Å²) in [4.78, 5) is 22.5. The van der Waals surface area contributed by atoms with Crippen LogP contribution in [0, 0.1) is 11.8 Å². The molecule has 0 bridgehead atoms. The van der Waals surface area contributed by atoms with E-state index in [0.29, 0.717) is 13.0 Å². The van der Waals surface area contributed by atoms with Crippen LogP contribution >= 0.6 is 0 Å². The van der Waals surface area contributed by atoms with Crippen LogP contribution in [0.15, 0.2) is 12.2 Å². The molecular formula is C19H32O5. The van der Waals surface area contributed by atoms with E-state index in [2.05, 4.69) is 6.58 Å². The molecule has 1 fully saturated rings. The predicted molar refractivity (Wildman–Crippen MR) is 92.3 cm³/mol. The summed E-state index contributed by atoms with van der Waals surface area (Å²) in [6.07, 6.45) is 4.52. The molecule has 0 aromatic carbocycles. The molecule has 5 nitrogen and oxygen atoms in total. The number of hydrogen-bond donors (Lipinski definition) is 1. The number of esters is 2. The quantitative estimate of drug-likeness (QED) is 0.627. The topological polar surface area (TPSA) is 72.8 Å². The second-order valence-corrected chi connectivity index (χ2v) is 7.48. The van der Waals surface area contributed by atoms with E-state index in [9.17, 15) is 14.7 Å². The highest BCUT2D eigenvalue weighted by Gasteiger charge is 2.32. The van der Waals surface area contributed by atoms with E-state index in [-0.39, 0.29) is 29.9 Å². The van der Waals surface area contributed by atoms with Gasteiger partial charge in [-0.2, -0.15) is 0 Å². The van der Waals surface area contributed by atoms with Gasteiger partial charge in [-0.05, 0) is 69.8 Å². The molecule has 3 unspecified atom stereocenters. The van der Waals surface area contributed by atoms with E-state index in [4.69, 9.17) is 9.47 Å². The van der Waals surface area contributed by atoms with Gasteiger partial charge in [0.2, 0.25) is 0 Å². The predicted octanol–water partition coefficient (Wildman–Crippen LogP) is 3.39. The molecule has 1 aliphatic rings. The van der Waals surface area contributed by atoms with Crippen molar-refractivity contribution in [2.45, 2.75) is 77.9 Å². The maximum atomic E-state index is 11.4. The minimum absolute atomic E-state index is 0.0171. The van der Waals surface area contributed by atoms with Crippen molar-refractivity contribution in [3.05, 3.63) is 12.2 Å². The molecule has 1 aliphatic carbocycles. The van der Waals surface area contributed by atoms with Crippen LogP contribution in [0.3, 0.4) is 0 Å². The van der Waals surface area contributed by atoms with Gasteiger partial charge in [-0.15, -0.1) is 0 Å². The van der Waals surface area contributed by atoms with E-state index in [1.54, 1.807) is 13.8 Å². The summed E-state index contributed by atoms with van der Waals surface area (Å²) in [5.74, 6) is -0.306. The second-order valence-electron chi connectivity index (χ2n) is 7.48. The van der Waals surface area contributed by atoms with Crippen LogP contribution < -0.4 is 0 Å². The second kappa shape index (κ2) is 9.21. The number of rotatable bonds is 4. The third-order valence-corrected chi connectivity index (χ3v) is 4.82. The Morgan fingerprint density at radius 2 is 1.88 bits per heavy atom. The van der Waals surface area contributed by atoms with E-state index in [1.807, 2.05) is 0 Å².